The Balaban J connectivity index is 1.64. The van der Waals surface area contributed by atoms with Crippen molar-refractivity contribution in [3.05, 3.63) is 39.2 Å². The summed E-state index contributed by atoms with van der Waals surface area (Å²) >= 11 is 7.39. The summed E-state index contributed by atoms with van der Waals surface area (Å²) in [5.41, 5.74) is 1.60. The molecule has 0 radical (unpaired) electrons. The van der Waals surface area contributed by atoms with Crippen LogP contribution in [0, 0.1) is 0 Å². The van der Waals surface area contributed by atoms with E-state index in [0.717, 1.165) is 46.7 Å². The normalized spacial score (nSPS) is 17.7. The van der Waals surface area contributed by atoms with Gasteiger partial charge < -0.3 is 14.8 Å². The molecule has 4 rings (SSSR count). The van der Waals surface area contributed by atoms with E-state index in [1.807, 2.05) is 0 Å². The number of thiophene rings is 1. The van der Waals surface area contributed by atoms with E-state index in [4.69, 9.17) is 21.1 Å². The zero-order valence-corrected chi connectivity index (χ0v) is 20.0. The first-order chi connectivity index (χ1) is 15.2. The van der Waals surface area contributed by atoms with Gasteiger partial charge in [-0.3, -0.25) is 9.10 Å². The summed E-state index contributed by atoms with van der Waals surface area (Å²) in [6.45, 7) is 1.75. The Morgan fingerprint density at radius 2 is 2.06 bits per heavy atom. The highest BCUT2D eigenvalue weighted by molar-refractivity contribution is 7.92. The van der Waals surface area contributed by atoms with Crippen LogP contribution in [-0.4, -0.2) is 45.8 Å². The van der Waals surface area contributed by atoms with Gasteiger partial charge in [0.05, 0.1) is 30.7 Å². The minimum atomic E-state index is -3.68. The zero-order chi connectivity index (χ0) is 23.0. The summed E-state index contributed by atoms with van der Waals surface area (Å²) < 4.78 is 36.9. The van der Waals surface area contributed by atoms with E-state index in [0.29, 0.717) is 15.6 Å². The Hall–Kier alpha value is -2.30. The molecule has 8 nitrogen and oxygen atoms in total. The Labute approximate surface area is 195 Å². The van der Waals surface area contributed by atoms with Crippen LogP contribution in [0.2, 0.25) is 5.02 Å². The van der Waals surface area contributed by atoms with Crippen LogP contribution in [0.3, 0.4) is 0 Å². The molecule has 1 aromatic heterocycles. The molecular formula is C21H23ClN2O6S2. The second-order valence-electron chi connectivity index (χ2n) is 7.64. The molecule has 2 heterocycles. The van der Waals surface area contributed by atoms with Gasteiger partial charge in [-0.05, 0) is 56.4 Å². The lowest BCUT2D eigenvalue weighted by Crippen LogP contribution is -2.48. The molecule has 1 amide bonds. The van der Waals surface area contributed by atoms with Crippen molar-refractivity contribution in [2.45, 2.75) is 38.7 Å². The number of nitrogens with one attached hydrogen (secondary N) is 1. The fraction of sp³-hybridized carbons (Fsp3) is 0.429. The average Bonchev–Trinajstić information content (AvgIpc) is 3.10. The van der Waals surface area contributed by atoms with E-state index in [9.17, 15) is 18.0 Å². The lowest BCUT2D eigenvalue weighted by Gasteiger charge is -2.34. The molecule has 2 aliphatic rings. The molecule has 0 saturated heterocycles. The number of nitrogens with zero attached hydrogens (tertiary/aromatic N) is 1. The number of amides is 1. The summed E-state index contributed by atoms with van der Waals surface area (Å²) in [5, 5.41) is 3.56. The van der Waals surface area contributed by atoms with Crippen molar-refractivity contribution < 1.29 is 27.5 Å². The van der Waals surface area contributed by atoms with E-state index in [1.54, 1.807) is 13.0 Å². The quantitative estimate of drug-likeness (QED) is 0.632. The Morgan fingerprint density at radius 1 is 1.31 bits per heavy atom. The van der Waals surface area contributed by atoms with Gasteiger partial charge in [-0.2, -0.15) is 0 Å². The number of ether oxygens (including phenoxy) is 2. The lowest BCUT2D eigenvalue weighted by atomic mass is 9.95. The Morgan fingerprint density at radius 3 is 2.78 bits per heavy atom. The first-order valence-electron chi connectivity index (χ1n) is 10.3. The van der Waals surface area contributed by atoms with Crippen molar-refractivity contribution in [2.24, 2.45) is 0 Å². The first kappa shape index (κ1) is 22.9. The second kappa shape index (κ2) is 8.92. The van der Waals surface area contributed by atoms with Crippen LogP contribution in [0.4, 0.5) is 10.7 Å². The number of hydrogen-bond acceptors (Lipinski definition) is 7. The summed E-state index contributed by atoms with van der Waals surface area (Å²) in [7, 11) is -3.68. The Bertz CT molecular complexity index is 1180. The largest absolute Gasteiger partial charge is 0.476 e. The van der Waals surface area contributed by atoms with Crippen molar-refractivity contribution in [3.63, 3.8) is 0 Å². The number of hydrogen-bond donors (Lipinski definition) is 1. The molecule has 0 bridgehead atoms. The maximum absolute atomic E-state index is 13.1. The molecule has 32 heavy (non-hydrogen) atoms. The SMILES string of the molecule is CCOC(=O)c1c(NC(=O)[C@H]2CN(S(C)(=O)=O)c3cc(Cl)ccc3O2)sc2c1CCCC2. The number of aryl methyl sites for hydroxylation is 1. The molecule has 1 atom stereocenters. The van der Waals surface area contributed by atoms with Gasteiger partial charge in [-0.1, -0.05) is 11.6 Å². The van der Waals surface area contributed by atoms with Crippen molar-refractivity contribution in [3.8, 4) is 5.75 Å². The van der Waals surface area contributed by atoms with Crippen molar-refractivity contribution in [2.75, 3.05) is 29.0 Å². The molecule has 11 heteroatoms. The highest BCUT2D eigenvalue weighted by Gasteiger charge is 2.36. The number of sulfonamides is 1. The number of benzene rings is 1. The third-order valence-corrected chi connectivity index (χ3v) is 7.96. The smallest absolute Gasteiger partial charge is 0.341 e. The number of esters is 1. The number of carbonyl (C=O) groups excluding carboxylic acids is 2. The highest BCUT2D eigenvalue weighted by Crippen LogP contribution is 2.40. The monoisotopic (exact) mass is 498 g/mol. The molecular weight excluding hydrogens is 476 g/mol. The molecule has 1 aliphatic carbocycles. The van der Waals surface area contributed by atoms with Crippen LogP contribution < -0.4 is 14.4 Å². The highest BCUT2D eigenvalue weighted by atomic mass is 35.5. The molecule has 0 unspecified atom stereocenters. The average molecular weight is 499 g/mol. The summed E-state index contributed by atoms with van der Waals surface area (Å²) in [5.74, 6) is -0.768. The number of anilines is 2. The molecule has 1 N–H and O–H groups in total. The first-order valence-corrected chi connectivity index (χ1v) is 13.3. The van der Waals surface area contributed by atoms with Crippen LogP contribution >= 0.6 is 22.9 Å². The van der Waals surface area contributed by atoms with Gasteiger partial charge in [0.15, 0.2) is 6.10 Å². The van der Waals surface area contributed by atoms with E-state index in [-0.39, 0.29) is 24.6 Å². The van der Waals surface area contributed by atoms with Gasteiger partial charge >= 0.3 is 5.97 Å². The number of fused-ring (bicyclic) bond motifs is 2. The summed E-state index contributed by atoms with van der Waals surface area (Å²) in [6, 6.07) is 4.58. The van der Waals surface area contributed by atoms with Crippen LogP contribution in [0.5, 0.6) is 5.75 Å². The number of halogens is 1. The van der Waals surface area contributed by atoms with Crippen LogP contribution in [0.25, 0.3) is 0 Å². The van der Waals surface area contributed by atoms with Gasteiger partial charge in [0.1, 0.15) is 10.8 Å². The van der Waals surface area contributed by atoms with Crippen molar-refractivity contribution >= 4 is 55.5 Å². The number of rotatable bonds is 5. The zero-order valence-electron chi connectivity index (χ0n) is 17.6. The molecule has 1 aromatic carbocycles. The minimum Gasteiger partial charge on any atom is -0.476 e. The maximum Gasteiger partial charge on any atom is 0.341 e. The predicted molar refractivity (Wildman–Crippen MR) is 124 cm³/mol. The van der Waals surface area contributed by atoms with Gasteiger partial charge in [-0.25, -0.2) is 13.2 Å². The number of carbonyl (C=O) groups is 2. The van der Waals surface area contributed by atoms with E-state index in [2.05, 4.69) is 5.32 Å². The van der Waals surface area contributed by atoms with Gasteiger partial charge in [0, 0.05) is 9.90 Å². The lowest BCUT2D eigenvalue weighted by molar-refractivity contribution is -0.122. The maximum atomic E-state index is 13.1. The van der Waals surface area contributed by atoms with Gasteiger partial charge in [-0.15, -0.1) is 11.3 Å². The second-order valence-corrected chi connectivity index (χ2v) is 11.1. The summed E-state index contributed by atoms with van der Waals surface area (Å²) in [6.07, 6.45) is 3.55. The van der Waals surface area contributed by atoms with E-state index in [1.165, 1.54) is 23.5 Å². The van der Waals surface area contributed by atoms with Crippen LogP contribution in [-0.2, 0) is 32.4 Å². The fourth-order valence-corrected chi connectivity index (χ4v) is 6.29. The molecule has 2 aromatic rings. The minimum absolute atomic E-state index is 0.210. The molecule has 0 spiro atoms. The molecule has 0 saturated carbocycles. The molecule has 0 fully saturated rings. The van der Waals surface area contributed by atoms with E-state index >= 15 is 0 Å². The fourth-order valence-electron chi connectivity index (χ4n) is 3.94. The molecule has 172 valence electrons. The standard InChI is InChI=1S/C21H23ClN2O6S2/c1-3-29-21(26)18-13-6-4-5-7-17(13)31-20(18)23-19(25)16-11-24(32(2,27)28)14-10-12(22)8-9-15(14)30-16/h8-10,16H,3-7,11H2,1-2H3,(H,23,25)/t16-/m1/s1. The van der Waals surface area contributed by atoms with Gasteiger partial charge in [0.25, 0.3) is 5.91 Å². The molecule has 1 aliphatic heterocycles. The Kier molecular flexibility index (Phi) is 6.37. The van der Waals surface area contributed by atoms with Crippen molar-refractivity contribution in [1.29, 1.82) is 0 Å². The van der Waals surface area contributed by atoms with Crippen LogP contribution in [0.1, 0.15) is 40.6 Å². The van der Waals surface area contributed by atoms with Gasteiger partial charge in [0.2, 0.25) is 10.0 Å². The van der Waals surface area contributed by atoms with Crippen LogP contribution in [0.15, 0.2) is 18.2 Å². The predicted octanol–water partition coefficient (Wildman–Crippen LogP) is 3.62. The summed E-state index contributed by atoms with van der Waals surface area (Å²) in [4.78, 5) is 26.8. The van der Waals surface area contributed by atoms with E-state index < -0.39 is 28.0 Å². The topological polar surface area (TPSA) is 102 Å². The third kappa shape index (κ3) is 4.44. The van der Waals surface area contributed by atoms with Crippen molar-refractivity contribution in [1.82, 2.24) is 0 Å². The third-order valence-electron chi connectivity index (χ3n) is 5.37.